The third kappa shape index (κ3) is 6.91. The SMILES string of the molecule is NC(=O)CONCC(=O)NC1CCCCCC1. The molecule has 2 amide bonds. The lowest BCUT2D eigenvalue weighted by atomic mass is 10.1. The second-order valence-electron chi connectivity index (χ2n) is 4.33. The number of hydroxylamine groups is 1. The first-order chi connectivity index (χ1) is 8.18. The lowest BCUT2D eigenvalue weighted by Crippen LogP contribution is -2.40. The summed E-state index contributed by atoms with van der Waals surface area (Å²) in [5, 5.41) is 2.95. The van der Waals surface area contributed by atoms with Gasteiger partial charge in [0, 0.05) is 6.04 Å². The number of primary amides is 1. The molecule has 1 rings (SSSR count). The van der Waals surface area contributed by atoms with Crippen LogP contribution in [0, 0.1) is 0 Å². The Kier molecular flexibility index (Phi) is 6.57. The van der Waals surface area contributed by atoms with Crippen LogP contribution in [-0.4, -0.2) is 31.0 Å². The van der Waals surface area contributed by atoms with Crippen molar-refractivity contribution < 1.29 is 14.4 Å². The summed E-state index contributed by atoms with van der Waals surface area (Å²) >= 11 is 0. The molecule has 6 heteroatoms. The van der Waals surface area contributed by atoms with Crippen molar-refractivity contribution in [1.82, 2.24) is 10.8 Å². The normalized spacial score (nSPS) is 17.4. The molecule has 0 bridgehead atoms. The van der Waals surface area contributed by atoms with Gasteiger partial charge in [-0.2, -0.15) is 5.48 Å². The van der Waals surface area contributed by atoms with Gasteiger partial charge in [0.1, 0.15) is 6.61 Å². The lowest BCUT2D eigenvalue weighted by molar-refractivity contribution is -0.129. The largest absolute Gasteiger partial charge is 0.368 e. The van der Waals surface area contributed by atoms with Gasteiger partial charge in [-0.1, -0.05) is 25.7 Å². The highest BCUT2D eigenvalue weighted by Crippen LogP contribution is 2.16. The molecule has 1 fully saturated rings. The Morgan fingerprint density at radius 2 is 1.82 bits per heavy atom. The number of rotatable bonds is 6. The zero-order valence-corrected chi connectivity index (χ0v) is 10.0. The second kappa shape index (κ2) is 8.03. The van der Waals surface area contributed by atoms with E-state index < -0.39 is 5.91 Å². The van der Waals surface area contributed by atoms with Crippen LogP contribution in [0.25, 0.3) is 0 Å². The third-order valence-corrected chi connectivity index (χ3v) is 2.77. The molecule has 0 heterocycles. The minimum Gasteiger partial charge on any atom is -0.368 e. The first-order valence-electron chi connectivity index (χ1n) is 6.11. The van der Waals surface area contributed by atoms with Crippen molar-refractivity contribution in [2.75, 3.05) is 13.2 Å². The van der Waals surface area contributed by atoms with E-state index in [1.54, 1.807) is 0 Å². The molecule has 0 saturated heterocycles. The van der Waals surface area contributed by atoms with Crippen LogP contribution >= 0.6 is 0 Å². The molecule has 17 heavy (non-hydrogen) atoms. The molecule has 0 spiro atoms. The van der Waals surface area contributed by atoms with Gasteiger partial charge in [-0.25, -0.2) is 0 Å². The number of amides is 2. The Labute approximate surface area is 101 Å². The Bertz CT molecular complexity index is 250. The Balaban J connectivity index is 2.08. The smallest absolute Gasteiger partial charge is 0.245 e. The van der Waals surface area contributed by atoms with Crippen LogP contribution < -0.4 is 16.5 Å². The number of carbonyl (C=O) groups excluding carboxylic acids is 2. The van der Waals surface area contributed by atoms with Gasteiger partial charge in [0.25, 0.3) is 0 Å². The van der Waals surface area contributed by atoms with Gasteiger partial charge in [-0.05, 0) is 12.8 Å². The maximum atomic E-state index is 11.5. The van der Waals surface area contributed by atoms with Crippen molar-refractivity contribution in [3.63, 3.8) is 0 Å². The molecule has 98 valence electrons. The highest BCUT2D eigenvalue weighted by atomic mass is 16.6. The van der Waals surface area contributed by atoms with Crippen LogP contribution in [-0.2, 0) is 14.4 Å². The zero-order chi connectivity index (χ0) is 12.5. The van der Waals surface area contributed by atoms with E-state index in [2.05, 4.69) is 10.8 Å². The van der Waals surface area contributed by atoms with E-state index in [9.17, 15) is 9.59 Å². The maximum Gasteiger partial charge on any atom is 0.245 e. The van der Waals surface area contributed by atoms with Gasteiger partial charge < -0.3 is 11.1 Å². The minimum absolute atomic E-state index is 0.0454. The maximum absolute atomic E-state index is 11.5. The van der Waals surface area contributed by atoms with Crippen molar-refractivity contribution in [3.05, 3.63) is 0 Å². The van der Waals surface area contributed by atoms with Gasteiger partial charge in [-0.15, -0.1) is 0 Å². The summed E-state index contributed by atoms with van der Waals surface area (Å²) in [5.74, 6) is -0.678. The van der Waals surface area contributed by atoms with Crippen LogP contribution in [0.5, 0.6) is 0 Å². The predicted molar refractivity (Wildman–Crippen MR) is 62.8 cm³/mol. The molecule has 0 aromatic heterocycles. The number of hydrogen-bond acceptors (Lipinski definition) is 4. The van der Waals surface area contributed by atoms with Gasteiger partial charge in [-0.3, -0.25) is 14.4 Å². The topological polar surface area (TPSA) is 93.5 Å². The molecule has 0 radical (unpaired) electrons. The van der Waals surface area contributed by atoms with Gasteiger partial charge >= 0.3 is 0 Å². The van der Waals surface area contributed by atoms with E-state index in [1.165, 1.54) is 25.7 Å². The zero-order valence-electron chi connectivity index (χ0n) is 10.0. The van der Waals surface area contributed by atoms with E-state index in [0.29, 0.717) is 0 Å². The molecule has 0 aromatic rings. The highest BCUT2D eigenvalue weighted by molar-refractivity contribution is 5.78. The second-order valence-corrected chi connectivity index (χ2v) is 4.33. The lowest BCUT2D eigenvalue weighted by Gasteiger charge is -2.16. The third-order valence-electron chi connectivity index (χ3n) is 2.77. The quantitative estimate of drug-likeness (QED) is 0.343. The summed E-state index contributed by atoms with van der Waals surface area (Å²) in [7, 11) is 0. The molecule has 0 aliphatic heterocycles. The summed E-state index contributed by atoms with van der Waals surface area (Å²) in [6, 6.07) is 0.281. The molecule has 1 aliphatic carbocycles. The molecule has 6 nitrogen and oxygen atoms in total. The molecule has 1 saturated carbocycles. The van der Waals surface area contributed by atoms with Crippen molar-refractivity contribution in [2.24, 2.45) is 5.73 Å². The van der Waals surface area contributed by atoms with Crippen LogP contribution in [0.15, 0.2) is 0 Å². The average Bonchev–Trinajstić information content (AvgIpc) is 2.53. The van der Waals surface area contributed by atoms with Gasteiger partial charge in [0.05, 0.1) is 6.54 Å². The van der Waals surface area contributed by atoms with Crippen LogP contribution in [0.3, 0.4) is 0 Å². The molecular formula is C11H21N3O3. The number of carbonyl (C=O) groups is 2. The van der Waals surface area contributed by atoms with Gasteiger partial charge in [0.15, 0.2) is 0 Å². The minimum atomic E-state index is -0.568. The predicted octanol–water partition coefficient (Wildman–Crippen LogP) is -0.168. The fraction of sp³-hybridized carbons (Fsp3) is 0.818. The fourth-order valence-corrected chi connectivity index (χ4v) is 1.94. The van der Waals surface area contributed by atoms with E-state index in [1.807, 2.05) is 0 Å². The van der Waals surface area contributed by atoms with Crippen LogP contribution in [0.4, 0.5) is 0 Å². The van der Waals surface area contributed by atoms with Crippen LogP contribution in [0.2, 0.25) is 0 Å². The molecule has 4 N–H and O–H groups in total. The van der Waals surface area contributed by atoms with E-state index in [0.717, 1.165) is 12.8 Å². The molecule has 0 unspecified atom stereocenters. The summed E-state index contributed by atoms with van der Waals surface area (Å²) < 4.78 is 0. The average molecular weight is 243 g/mol. The van der Waals surface area contributed by atoms with Crippen molar-refractivity contribution in [2.45, 2.75) is 44.6 Å². The Hall–Kier alpha value is -1.14. The molecule has 1 aliphatic rings. The highest BCUT2D eigenvalue weighted by Gasteiger charge is 2.14. The number of nitrogens with one attached hydrogen (secondary N) is 2. The fourth-order valence-electron chi connectivity index (χ4n) is 1.94. The number of hydrogen-bond donors (Lipinski definition) is 3. The Morgan fingerprint density at radius 3 is 2.41 bits per heavy atom. The molecular weight excluding hydrogens is 222 g/mol. The standard InChI is InChI=1S/C11H21N3O3/c12-10(15)8-17-13-7-11(16)14-9-5-3-1-2-4-6-9/h9,13H,1-8H2,(H2,12,15)(H,14,16). The number of nitrogens with two attached hydrogens (primary N) is 1. The molecule has 0 atom stereocenters. The monoisotopic (exact) mass is 243 g/mol. The van der Waals surface area contributed by atoms with Crippen molar-refractivity contribution in [3.8, 4) is 0 Å². The summed E-state index contributed by atoms with van der Waals surface area (Å²) in [6.45, 7) is -0.180. The van der Waals surface area contributed by atoms with E-state index in [-0.39, 0.29) is 25.1 Å². The summed E-state index contributed by atoms with van der Waals surface area (Å²) in [4.78, 5) is 26.5. The van der Waals surface area contributed by atoms with Gasteiger partial charge in [0.2, 0.25) is 11.8 Å². The van der Waals surface area contributed by atoms with E-state index in [4.69, 9.17) is 10.6 Å². The Morgan fingerprint density at radius 1 is 1.18 bits per heavy atom. The molecule has 0 aromatic carbocycles. The summed E-state index contributed by atoms with van der Waals surface area (Å²) in [5.41, 5.74) is 7.28. The van der Waals surface area contributed by atoms with Crippen molar-refractivity contribution in [1.29, 1.82) is 0 Å². The van der Waals surface area contributed by atoms with Crippen molar-refractivity contribution >= 4 is 11.8 Å². The first-order valence-corrected chi connectivity index (χ1v) is 6.11. The van der Waals surface area contributed by atoms with Crippen LogP contribution in [0.1, 0.15) is 38.5 Å². The van der Waals surface area contributed by atoms with E-state index >= 15 is 0 Å². The first kappa shape index (κ1) is 13.9. The summed E-state index contributed by atoms with van der Waals surface area (Å²) in [6.07, 6.45) is 6.97.